The quantitative estimate of drug-likeness (QED) is 0.0342. The molecular formula is C55H81N3O6. The topological polar surface area (TPSA) is 128 Å². The normalized spacial score (nSPS) is 19.5. The van der Waals surface area contributed by atoms with E-state index in [4.69, 9.17) is 4.74 Å². The monoisotopic (exact) mass is 880 g/mol. The summed E-state index contributed by atoms with van der Waals surface area (Å²) in [6.45, 7) is 12.5. The van der Waals surface area contributed by atoms with Crippen molar-refractivity contribution < 1.29 is 29.3 Å². The van der Waals surface area contributed by atoms with Gasteiger partial charge in [-0.15, -0.1) is 0 Å². The van der Waals surface area contributed by atoms with Crippen LogP contribution in [0.15, 0.2) is 54.6 Å². The minimum Gasteiger partial charge on any atom is -0.426 e. The molecule has 2 aliphatic heterocycles. The first kappa shape index (κ1) is 52.2. The lowest BCUT2D eigenvalue weighted by molar-refractivity contribution is -0.134. The van der Waals surface area contributed by atoms with Crippen LogP contribution in [0.25, 0.3) is 10.8 Å². The van der Waals surface area contributed by atoms with Crippen molar-refractivity contribution in [1.82, 2.24) is 10.6 Å². The summed E-state index contributed by atoms with van der Waals surface area (Å²) in [7, 11) is 1.98. The van der Waals surface area contributed by atoms with Crippen molar-refractivity contribution in [3.63, 3.8) is 0 Å². The number of carbonyl (C=O) groups excluding carboxylic acids is 3. The molecule has 1 saturated heterocycles. The van der Waals surface area contributed by atoms with Gasteiger partial charge < -0.3 is 30.5 Å². The van der Waals surface area contributed by atoms with E-state index in [1.54, 1.807) is 0 Å². The van der Waals surface area contributed by atoms with Crippen LogP contribution < -0.4 is 20.3 Å². The minimum absolute atomic E-state index is 0.00963. The Bertz CT molecular complexity index is 1970. The Hall–Kier alpha value is -4.39. The average molecular weight is 880 g/mol. The molecule has 9 nitrogen and oxygen atoms in total. The van der Waals surface area contributed by atoms with Gasteiger partial charge in [0, 0.05) is 48.4 Å². The molecule has 2 heterocycles. The van der Waals surface area contributed by atoms with Gasteiger partial charge in [0.2, 0.25) is 11.8 Å². The van der Waals surface area contributed by atoms with Gasteiger partial charge in [0.05, 0.1) is 25.3 Å². The van der Waals surface area contributed by atoms with Crippen molar-refractivity contribution in [2.24, 2.45) is 17.8 Å². The van der Waals surface area contributed by atoms with E-state index in [9.17, 15) is 24.6 Å². The maximum absolute atomic E-state index is 12.7. The molecule has 0 spiro atoms. The van der Waals surface area contributed by atoms with E-state index in [0.29, 0.717) is 18.6 Å². The Kier molecular flexibility index (Phi) is 22.7. The van der Waals surface area contributed by atoms with E-state index < -0.39 is 0 Å². The molecule has 2 aliphatic rings. The number of aliphatic hydroxyl groups is 2. The van der Waals surface area contributed by atoms with Crippen molar-refractivity contribution in [1.29, 1.82) is 0 Å². The van der Waals surface area contributed by atoms with Gasteiger partial charge in [-0.1, -0.05) is 167 Å². The van der Waals surface area contributed by atoms with Gasteiger partial charge in [-0.2, -0.15) is 0 Å². The Morgan fingerprint density at radius 1 is 0.750 bits per heavy atom. The van der Waals surface area contributed by atoms with Gasteiger partial charge in [0.1, 0.15) is 11.8 Å². The molecule has 0 unspecified atom stereocenters. The number of nitrogens with one attached hydrogen (secondary N) is 2. The average Bonchev–Trinajstić information content (AvgIpc) is 3.62. The third kappa shape index (κ3) is 15.4. The van der Waals surface area contributed by atoms with E-state index in [2.05, 4.69) is 73.3 Å². The molecule has 64 heavy (non-hydrogen) atoms. The van der Waals surface area contributed by atoms with E-state index in [1.165, 1.54) is 83.5 Å². The number of hydrogen-bond acceptors (Lipinski definition) is 7. The van der Waals surface area contributed by atoms with Gasteiger partial charge in [0.25, 0.3) is 0 Å². The van der Waals surface area contributed by atoms with Gasteiger partial charge in [-0.25, -0.2) is 0 Å². The summed E-state index contributed by atoms with van der Waals surface area (Å²) >= 11 is 0. The van der Waals surface area contributed by atoms with Gasteiger partial charge in [-0.05, 0) is 71.9 Å². The highest BCUT2D eigenvalue weighted by molar-refractivity contribution is 5.94. The lowest BCUT2D eigenvalue weighted by Gasteiger charge is -2.37. The number of fused-ring (bicyclic) bond motifs is 2. The molecule has 5 rings (SSSR count). The Morgan fingerprint density at radius 3 is 1.98 bits per heavy atom. The molecular weight excluding hydrogens is 799 g/mol. The van der Waals surface area contributed by atoms with Crippen molar-refractivity contribution in [3.05, 3.63) is 71.3 Å². The summed E-state index contributed by atoms with van der Waals surface area (Å²) in [4.78, 5) is 40.0. The van der Waals surface area contributed by atoms with Crippen LogP contribution in [0.4, 0.5) is 5.69 Å². The van der Waals surface area contributed by atoms with Gasteiger partial charge >= 0.3 is 5.97 Å². The summed E-state index contributed by atoms with van der Waals surface area (Å²) in [6.07, 6.45) is 20.6. The van der Waals surface area contributed by atoms with Crippen molar-refractivity contribution in [2.75, 3.05) is 25.2 Å². The number of aliphatic hydroxyl groups excluding tert-OH is 2. The molecule has 0 radical (unpaired) electrons. The molecule has 5 atom stereocenters. The molecule has 352 valence electrons. The lowest BCUT2D eigenvalue weighted by Crippen LogP contribution is -2.54. The first-order chi connectivity index (χ1) is 30.9. The second-order valence-electron chi connectivity index (χ2n) is 18.9. The predicted octanol–water partition coefficient (Wildman–Crippen LogP) is 10.8. The zero-order valence-corrected chi connectivity index (χ0v) is 40.4. The molecule has 4 N–H and O–H groups in total. The fourth-order valence-corrected chi connectivity index (χ4v) is 9.62. The van der Waals surface area contributed by atoms with Crippen LogP contribution in [-0.2, 0) is 20.8 Å². The predicted molar refractivity (Wildman–Crippen MR) is 263 cm³/mol. The molecule has 0 aliphatic carbocycles. The highest BCUT2D eigenvalue weighted by atomic mass is 16.5. The summed E-state index contributed by atoms with van der Waals surface area (Å²) < 4.78 is 5.80. The molecule has 9 heteroatoms. The SMILES string of the molecule is CCCCCCCCC#Cc1ccc2c(c1)C[C@@H](CO)NC(=O)[C@H](C(C)C)N2C.CCCCCCCCCCCC(=O)Oc1ccc([C@H]2[C@@H](C(C)C)C(=O)N[C@@H]2CO)c2ccccc12. The van der Waals surface area contributed by atoms with Crippen LogP contribution in [0, 0.1) is 29.6 Å². The molecule has 1 fully saturated rings. The van der Waals surface area contributed by atoms with Crippen LogP contribution in [0.5, 0.6) is 5.75 Å². The van der Waals surface area contributed by atoms with Crippen molar-refractivity contribution in [2.45, 2.75) is 181 Å². The number of unbranched alkanes of at least 4 members (excludes halogenated alkanes) is 14. The van der Waals surface area contributed by atoms with Gasteiger partial charge in [-0.3, -0.25) is 14.4 Å². The number of amides is 2. The fraction of sp³-hybridized carbons (Fsp3) is 0.618. The zero-order valence-electron chi connectivity index (χ0n) is 40.4. The summed E-state index contributed by atoms with van der Waals surface area (Å²) in [5.74, 6) is 6.92. The molecule has 3 aromatic rings. The summed E-state index contributed by atoms with van der Waals surface area (Å²) in [5.41, 5.74) is 4.20. The third-order valence-corrected chi connectivity index (χ3v) is 13.0. The highest BCUT2D eigenvalue weighted by Gasteiger charge is 2.45. The Morgan fingerprint density at radius 2 is 1.38 bits per heavy atom. The Labute approximate surface area is 385 Å². The number of carbonyl (C=O) groups is 3. The van der Waals surface area contributed by atoms with Crippen LogP contribution in [0.1, 0.15) is 173 Å². The fourth-order valence-electron chi connectivity index (χ4n) is 9.62. The Balaban J connectivity index is 0.000000286. The number of ether oxygens (including phenoxy) is 1. The highest BCUT2D eigenvalue weighted by Crippen LogP contribution is 2.42. The van der Waals surface area contributed by atoms with E-state index in [1.807, 2.05) is 57.3 Å². The third-order valence-electron chi connectivity index (χ3n) is 13.0. The number of hydrogen-bond donors (Lipinski definition) is 4. The molecule has 0 bridgehead atoms. The van der Waals surface area contributed by atoms with E-state index in [0.717, 1.165) is 52.4 Å². The van der Waals surface area contributed by atoms with E-state index >= 15 is 0 Å². The lowest BCUT2D eigenvalue weighted by atomic mass is 9.77. The zero-order chi connectivity index (χ0) is 46.4. The smallest absolute Gasteiger partial charge is 0.311 e. The first-order valence-electron chi connectivity index (χ1n) is 24.8. The number of esters is 1. The van der Waals surface area contributed by atoms with Crippen LogP contribution in [-0.4, -0.2) is 66.4 Å². The second-order valence-corrected chi connectivity index (χ2v) is 18.9. The number of rotatable bonds is 22. The van der Waals surface area contributed by atoms with Crippen LogP contribution in [0.3, 0.4) is 0 Å². The second kappa shape index (κ2) is 27.8. The summed E-state index contributed by atoms with van der Waals surface area (Å²) in [5, 5.41) is 27.5. The largest absolute Gasteiger partial charge is 0.426 e. The summed E-state index contributed by atoms with van der Waals surface area (Å²) in [6, 6.07) is 17.1. The molecule has 0 saturated carbocycles. The maximum Gasteiger partial charge on any atom is 0.311 e. The minimum atomic E-state index is -0.321. The maximum atomic E-state index is 12.7. The van der Waals surface area contributed by atoms with Crippen LogP contribution in [0.2, 0.25) is 0 Å². The van der Waals surface area contributed by atoms with Gasteiger partial charge in [0.15, 0.2) is 0 Å². The standard InChI is InChI=1S/C30H43NO4.C25H38N2O2/c1-4-5-6-7-8-9-10-11-12-17-27(33)35-26-19-18-24(22-15-13-14-16-23(22)26)29-25(20-32)31-30(34)28(29)21(2)3;1-5-6-7-8-9-10-11-12-13-20-14-15-23-21(16-20)17-22(18-28)26-25(29)24(19(2)3)27(23)4/h13-16,18-19,21,25,28-29,32H,4-12,17,20H2,1-3H3,(H,31,34);14-16,19,22,24,28H,5-11,17-18H2,1-4H3,(H,26,29)/t25-,28-,29-;22-,24-/m10/s1. The molecule has 3 aromatic carbocycles. The van der Waals surface area contributed by atoms with E-state index in [-0.39, 0.29) is 72.8 Å². The molecule has 2 amide bonds. The van der Waals surface area contributed by atoms with Crippen molar-refractivity contribution in [3.8, 4) is 17.6 Å². The number of benzene rings is 3. The molecule has 0 aromatic heterocycles. The number of nitrogens with zero attached hydrogens (tertiary/aromatic N) is 1. The number of anilines is 1. The first-order valence-corrected chi connectivity index (χ1v) is 24.8. The van der Waals surface area contributed by atoms with Crippen LogP contribution >= 0.6 is 0 Å². The van der Waals surface area contributed by atoms with Crippen molar-refractivity contribution >= 4 is 34.2 Å². The number of likely N-dealkylation sites (N-methyl/N-ethyl adjacent to an activating group) is 1.